The Morgan fingerprint density at radius 1 is 1.50 bits per heavy atom. The largest absolute Gasteiger partial charge is 0.384 e. The molecule has 2 heterocycles. The van der Waals surface area contributed by atoms with Gasteiger partial charge in [-0.1, -0.05) is 6.92 Å². The maximum absolute atomic E-state index is 12.1. The van der Waals surface area contributed by atoms with E-state index in [1.807, 2.05) is 23.6 Å². The maximum Gasteiger partial charge on any atom is 0.251 e. The van der Waals surface area contributed by atoms with Crippen molar-refractivity contribution in [3.05, 3.63) is 45.4 Å². The molecule has 3 rings (SSSR count). The third kappa shape index (κ3) is 2.67. The van der Waals surface area contributed by atoms with Crippen LogP contribution in [0.15, 0.2) is 23.6 Å². The lowest BCUT2D eigenvalue weighted by Crippen LogP contribution is -2.23. The van der Waals surface area contributed by atoms with E-state index in [-0.39, 0.29) is 5.91 Å². The van der Waals surface area contributed by atoms with Gasteiger partial charge in [0, 0.05) is 23.2 Å². The lowest BCUT2D eigenvalue weighted by molar-refractivity contribution is 0.0950. The van der Waals surface area contributed by atoms with E-state index in [0.717, 1.165) is 41.3 Å². The normalized spacial score (nSPS) is 12.8. The Balaban J connectivity index is 1.64. The summed E-state index contributed by atoms with van der Waals surface area (Å²) in [5.41, 5.74) is 4.02. The smallest absolute Gasteiger partial charge is 0.251 e. The number of benzene rings is 1. The summed E-state index contributed by atoms with van der Waals surface area (Å²) < 4.78 is 0. The van der Waals surface area contributed by atoms with Crippen molar-refractivity contribution < 1.29 is 4.79 Å². The second-order valence-corrected chi connectivity index (χ2v) is 5.76. The number of aromatic nitrogens is 1. The number of hydrogen-bond acceptors (Lipinski definition) is 4. The molecule has 0 saturated heterocycles. The van der Waals surface area contributed by atoms with Crippen molar-refractivity contribution in [1.29, 1.82) is 0 Å². The Kier molecular flexibility index (Phi) is 3.69. The number of thiazole rings is 1. The van der Waals surface area contributed by atoms with E-state index in [0.29, 0.717) is 6.54 Å². The fourth-order valence-electron chi connectivity index (χ4n) is 2.31. The second kappa shape index (κ2) is 5.63. The van der Waals surface area contributed by atoms with Gasteiger partial charge >= 0.3 is 0 Å². The zero-order chi connectivity index (χ0) is 13.9. The Morgan fingerprint density at radius 3 is 3.20 bits per heavy atom. The highest BCUT2D eigenvalue weighted by atomic mass is 32.1. The molecule has 0 bridgehead atoms. The van der Waals surface area contributed by atoms with Crippen LogP contribution in [0, 0.1) is 0 Å². The number of amides is 1. The zero-order valence-electron chi connectivity index (χ0n) is 11.4. The summed E-state index contributed by atoms with van der Waals surface area (Å²) in [6, 6.07) is 5.82. The minimum atomic E-state index is -0.0363. The summed E-state index contributed by atoms with van der Waals surface area (Å²) in [4.78, 5) is 16.6. The molecular weight excluding hydrogens is 270 g/mol. The van der Waals surface area contributed by atoms with Crippen molar-refractivity contribution in [1.82, 2.24) is 10.3 Å². The van der Waals surface area contributed by atoms with Crippen LogP contribution in [0.4, 0.5) is 5.69 Å². The van der Waals surface area contributed by atoms with Gasteiger partial charge in [-0.2, -0.15) is 0 Å². The molecule has 0 atom stereocenters. The van der Waals surface area contributed by atoms with E-state index < -0.39 is 0 Å². The van der Waals surface area contributed by atoms with Gasteiger partial charge in [0.05, 0.1) is 17.2 Å². The first-order valence-corrected chi connectivity index (χ1v) is 7.72. The number of aryl methyl sites for hydroxylation is 1. The van der Waals surface area contributed by atoms with E-state index in [1.165, 1.54) is 5.56 Å². The number of nitrogens with zero attached hydrogens (tertiary/aromatic N) is 1. The number of fused-ring (bicyclic) bond motifs is 1. The van der Waals surface area contributed by atoms with Crippen molar-refractivity contribution in [2.24, 2.45) is 0 Å². The number of carbonyl (C=O) groups excluding carboxylic acids is 1. The van der Waals surface area contributed by atoms with Crippen LogP contribution in [0.1, 0.15) is 33.5 Å². The SMILES string of the molecule is CCc1nc(CNC(=O)c2ccc3c(c2)CCN3)cs1. The van der Waals surface area contributed by atoms with Gasteiger partial charge < -0.3 is 10.6 Å². The Morgan fingerprint density at radius 2 is 2.40 bits per heavy atom. The van der Waals surface area contributed by atoms with E-state index >= 15 is 0 Å². The molecule has 2 aromatic rings. The van der Waals surface area contributed by atoms with Crippen molar-refractivity contribution in [3.8, 4) is 0 Å². The summed E-state index contributed by atoms with van der Waals surface area (Å²) in [6.07, 6.45) is 1.93. The molecule has 0 saturated carbocycles. The van der Waals surface area contributed by atoms with Gasteiger partial charge in [0.25, 0.3) is 5.91 Å². The topological polar surface area (TPSA) is 54.0 Å². The van der Waals surface area contributed by atoms with Crippen LogP contribution in [-0.2, 0) is 19.4 Å². The summed E-state index contributed by atoms with van der Waals surface area (Å²) in [5, 5.41) is 9.34. The molecule has 0 unspecified atom stereocenters. The van der Waals surface area contributed by atoms with E-state index in [2.05, 4.69) is 22.5 Å². The minimum absolute atomic E-state index is 0.0363. The maximum atomic E-state index is 12.1. The van der Waals surface area contributed by atoms with Gasteiger partial charge in [-0.3, -0.25) is 4.79 Å². The fourth-order valence-corrected chi connectivity index (χ4v) is 3.06. The van der Waals surface area contributed by atoms with Crippen molar-refractivity contribution in [3.63, 3.8) is 0 Å². The highest BCUT2D eigenvalue weighted by Gasteiger charge is 2.13. The molecule has 1 aromatic carbocycles. The van der Waals surface area contributed by atoms with Crippen molar-refractivity contribution in [2.45, 2.75) is 26.3 Å². The lowest BCUT2D eigenvalue weighted by Gasteiger charge is -2.05. The standard InChI is InChI=1S/C15H17N3OS/c1-2-14-18-12(9-20-14)8-17-15(19)11-3-4-13-10(7-11)5-6-16-13/h3-4,7,9,16H,2,5-6,8H2,1H3,(H,17,19). The summed E-state index contributed by atoms with van der Waals surface area (Å²) in [6.45, 7) is 3.53. The van der Waals surface area contributed by atoms with Crippen LogP contribution >= 0.6 is 11.3 Å². The molecule has 2 N–H and O–H groups in total. The third-order valence-corrected chi connectivity index (χ3v) is 4.45. The first-order valence-electron chi connectivity index (χ1n) is 6.84. The molecule has 4 nitrogen and oxygen atoms in total. The average molecular weight is 287 g/mol. The number of carbonyl (C=O) groups is 1. The molecule has 0 fully saturated rings. The molecule has 0 spiro atoms. The van der Waals surface area contributed by atoms with Gasteiger partial charge in [-0.25, -0.2) is 4.98 Å². The van der Waals surface area contributed by atoms with Gasteiger partial charge in [0.15, 0.2) is 0 Å². The molecule has 1 aliphatic rings. The predicted octanol–water partition coefficient (Wildman–Crippen LogP) is 2.60. The predicted molar refractivity (Wildman–Crippen MR) is 81.3 cm³/mol. The van der Waals surface area contributed by atoms with Gasteiger partial charge in [0.2, 0.25) is 0 Å². The van der Waals surface area contributed by atoms with Crippen LogP contribution in [0.2, 0.25) is 0 Å². The van der Waals surface area contributed by atoms with Crippen molar-refractivity contribution >= 4 is 22.9 Å². The summed E-state index contributed by atoms with van der Waals surface area (Å²) >= 11 is 1.64. The molecular formula is C15H17N3OS. The molecule has 1 amide bonds. The number of hydrogen-bond donors (Lipinski definition) is 2. The number of rotatable bonds is 4. The second-order valence-electron chi connectivity index (χ2n) is 4.82. The van der Waals surface area contributed by atoms with Gasteiger partial charge in [-0.05, 0) is 36.6 Å². The molecule has 1 aromatic heterocycles. The van der Waals surface area contributed by atoms with Crippen LogP contribution in [0.3, 0.4) is 0 Å². The van der Waals surface area contributed by atoms with E-state index in [1.54, 1.807) is 11.3 Å². The summed E-state index contributed by atoms with van der Waals surface area (Å²) in [7, 11) is 0. The first kappa shape index (κ1) is 13.1. The average Bonchev–Trinajstić information content (AvgIpc) is 3.12. The zero-order valence-corrected chi connectivity index (χ0v) is 12.2. The fraction of sp³-hybridized carbons (Fsp3) is 0.333. The van der Waals surface area contributed by atoms with E-state index in [4.69, 9.17) is 0 Å². The van der Waals surface area contributed by atoms with Crippen LogP contribution in [0.25, 0.3) is 0 Å². The van der Waals surface area contributed by atoms with Gasteiger partial charge in [0.1, 0.15) is 0 Å². The Bertz CT molecular complexity index is 636. The quantitative estimate of drug-likeness (QED) is 0.909. The Labute approximate surface area is 122 Å². The van der Waals surface area contributed by atoms with E-state index in [9.17, 15) is 4.79 Å². The van der Waals surface area contributed by atoms with Crippen molar-refractivity contribution in [2.75, 3.05) is 11.9 Å². The van der Waals surface area contributed by atoms with Crippen LogP contribution in [-0.4, -0.2) is 17.4 Å². The molecule has 0 aliphatic carbocycles. The third-order valence-electron chi connectivity index (χ3n) is 3.41. The first-order chi connectivity index (χ1) is 9.76. The highest BCUT2D eigenvalue weighted by molar-refractivity contribution is 7.09. The molecule has 20 heavy (non-hydrogen) atoms. The molecule has 104 valence electrons. The molecule has 1 aliphatic heterocycles. The summed E-state index contributed by atoms with van der Waals surface area (Å²) in [5.74, 6) is -0.0363. The van der Waals surface area contributed by atoms with Gasteiger partial charge in [-0.15, -0.1) is 11.3 Å². The molecule has 0 radical (unpaired) electrons. The number of anilines is 1. The Hall–Kier alpha value is -1.88. The minimum Gasteiger partial charge on any atom is -0.384 e. The highest BCUT2D eigenvalue weighted by Crippen LogP contribution is 2.23. The number of nitrogens with one attached hydrogen (secondary N) is 2. The lowest BCUT2D eigenvalue weighted by atomic mass is 10.1. The molecule has 5 heteroatoms. The van der Waals surface area contributed by atoms with Crippen LogP contribution < -0.4 is 10.6 Å². The monoisotopic (exact) mass is 287 g/mol. The van der Waals surface area contributed by atoms with Crippen LogP contribution in [0.5, 0.6) is 0 Å².